The lowest BCUT2D eigenvalue weighted by molar-refractivity contribution is -0.120. The Kier molecular flexibility index (Phi) is 5.70. The molecule has 4 rings (SSSR count). The number of thiazole rings is 1. The average Bonchev–Trinajstić information content (AvgIpc) is 3.14. The van der Waals surface area contributed by atoms with E-state index in [0.29, 0.717) is 22.9 Å². The third-order valence-electron chi connectivity index (χ3n) is 5.00. The van der Waals surface area contributed by atoms with Crippen molar-refractivity contribution in [1.82, 2.24) is 4.98 Å². The number of ether oxygens (including phenoxy) is 3. The molecular weight excluding hydrogens is 454 g/mol. The Bertz CT molecular complexity index is 1300. The number of carbonyl (C=O) groups is 1. The van der Waals surface area contributed by atoms with Gasteiger partial charge in [0, 0.05) is 23.6 Å². The Balaban J connectivity index is 1.67. The second-order valence-electron chi connectivity index (χ2n) is 6.97. The maximum Gasteiger partial charge on any atom is 0.267 e. The van der Waals surface area contributed by atoms with Gasteiger partial charge in [-0.15, -0.1) is 11.3 Å². The molecule has 0 saturated carbocycles. The zero-order valence-electron chi connectivity index (χ0n) is 17.8. The fourth-order valence-corrected chi connectivity index (χ4v) is 5.55. The van der Waals surface area contributed by atoms with Gasteiger partial charge in [-0.1, -0.05) is 0 Å². The number of hydrogen-bond donors (Lipinski definition) is 1. The average molecular weight is 476 g/mol. The number of sulfonamides is 1. The van der Waals surface area contributed by atoms with Crippen molar-refractivity contribution >= 4 is 38.1 Å². The lowest BCUT2D eigenvalue weighted by Crippen LogP contribution is -2.35. The standard InChI is InChI=1S/C21H21N3O6S2/c1-12-20(13-5-7-16-15(9-13)24(2)19(25)11-30-16)22-21(31-12)23-32(26,27)18-10-14(28-3)6-8-17(18)29-4/h5-10H,11H2,1-4H3,(H,22,23). The summed E-state index contributed by atoms with van der Waals surface area (Å²) in [5.41, 5.74) is 1.99. The monoisotopic (exact) mass is 475 g/mol. The summed E-state index contributed by atoms with van der Waals surface area (Å²) in [7, 11) is 0.550. The van der Waals surface area contributed by atoms with Crippen LogP contribution in [0.4, 0.5) is 10.8 Å². The van der Waals surface area contributed by atoms with Crippen molar-refractivity contribution in [2.45, 2.75) is 11.8 Å². The van der Waals surface area contributed by atoms with Crippen LogP contribution < -0.4 is 23.8 Å². The van der Waals surface area contributed by atoms with E-state index >= 15 is 0 Å². The number of aryl methyl sites for hydroxylation is 1. The molecule has 11 heteroatoms. The van der Waals surface area contributed by atoms with Gasteiger partial charge in [-0.2, -0.15) is 0 Å². The van der Waals surface area contributed by atoms with Gasteiger partial charge in [0.05, 0.1) is 25.6 Å². The van der Waals surface area contributed by atoms with Gasteiger partial charge in [0.1, 0.15) is 22.1 Å². The second kappa shape index (κ2) is 8.32. The first-order chi connectivity index (χ1) is 15.2. The minimum atomic E-state index is -3.98. The Morgan fingerprint density at radius 1 is 1.16 bits per heavy atom. The highest BCUT2D eigenvalue weighted by molar-refractivity contribution is 7.93. The van der Waals surface area contributed by atoms with E-state index in [1.807, 2.05) is 13.0 Å². The van der Waals surface area contributed by atoms with E-state index < -0.39 is 10.0 Å². The van der Waals surface area contributed by atoms with Gasteiger partial charge in [0.25, 0.3) is 15.9 Å². The molecule has 1 amide bonds. The van der Waals surface area contributed by atoms with Gasteiger partial charge in [-0.25, -0.2) is 13.4 Å². The van der Waals surface area contributed by atoms with Crippen LogP contribution in [0, 0.1) is 6.92 Å². The van der Waals surface area contributed by atoms with Crippen molar-refractivity contribution in [3.63, 3.8) is 0 Å². The quantitative estimate of drug-likeness (QED) is 0.583. The molecule has 0 bridgehead atoms. The number of benzene rings is 2. The van der Waals surface area contributed by atoms with E-state index in [1.165, 1.54) is 42.6 Å². The maximum atomic E-state index is 13.0. The Morgan fingerprint density at radius 3 is 2.66 bits per heavy atom. The first-order valence-corrected chi connectivity index (χ1v) is 11.8. The second-order valence-corrected chi connectivity index (χ2v) is 9.82. The Labute approximate surface area is 189 Å². The van der Waals surface area contributed by atoms with Crippen LogP contribution >= 0.6 is 11.3 Å². The molecule has 1 N–H and O–H groups in total. The van der Waals surface area contributed by atoms with Crippen molar-refractivity contribution in [1.29, 1.82) is 0 Å². The molecule has 32 heavy (non-hydrogen) atoms. The third-order valence-corrected chi connectivity index (χ3v) is 7.37. The molecule has 0 saturated heterocycles. The molecule has 0 fully saturated rings. The molecule has 1 aliphatic heterocycles. The molecular formula is C21H21N3O6S2. The lowest BCUT2D eigenvalue weighted by atomic mass is 10.1. The summed E-state index contributed by atoms with van der Waals surface area (Å²) in [6.07, 6.45) is 0. The van der Waals surface area contributed by atoms with Crippen LogP contribution in [0.5, 0.6) is 17.2 Å². The molecule has 0 aliphatic carbocycles. The molecule has 3 aromatic rings. The molecule has 0 radical (unpaired) electrons. The summed E-state index contributed by atoms with van der Waals surface area (Å²) in [5.74, 6) is 1.03. The fraction of sp³-hybridized carbons (Fsp3) is 0.238. The largest absolute Gasteiger partial charge is 0.497 e. The van der Waals surface area contributed by atoms with Crippen LogP contribution in [0.1, 0.15) is 4.88 Å². The van der Waals surface area contributed by atoms with Gasteiger partial charge < -0.3 is 19.1 Å². The highest BCUT2D eigenvalue weighted by Gasteiger charge is 2.25. The first-order valence-electron chi connectivity index (χ1n) is 9.49. The molecule has 2 aromatic carbocycles. The lowest BCUT2D eigenvalue weighted by Gasteiger charge is -2.26. The minimum absolute atomic E-state index is 0.00175. The van der Waals surface area contributed by atoms with Gasteiger partial charge in [0.15, 0.2) is 11.7 Å². The van der Waals surface area contributed by atoms with Gasteiger partial charge in [-0.3, -0.25) is 9.52 Å². The van der Waals surface area contributed by atoms with Crippen LogP contribution in [0.3, 0.4) is 0 Å². The minimum Gasteiger partial charge on any atom is -0.497 e. The van der Waals surface area contributed by atoms with E-state index in [2.05, 4.69) is 9.71 Å². The molecule has 9 nitrogen and oxygen atoms in total. The van der Waals surface area contributed by atoms with E-state index in [4.69, 9.17) is 14.2 Å². The molecule has 2 heterocycles. The topological polar surface area (TPSA) is 107 Å². The number of carbonyl (C=O) groups excluding carboxylic acids is 1. The Hall–Kier alpha value is -3.31. The number of rotatable bonds is 6. The van der Waals surface area contributed by atoms with Gasteiger partial charge in [0.2, 0.25) is 0 Å². The van der Waals surface area contributed by atoms with Crippen molar-refractivity contribution in [2.75, 3.05) is 37.5 Å². The number of fused-ring (bicyclic) bond motifs is 1. The molecule has 0 unspecified atom stereocenters. The summed E-state index contributed by atoms with van der Waals surface area (Å²) in [4.78, 5) is 18.7. The number of methoxy groups -OCH3 is 2. The van der Waals surface area contributed by atoms with E-state index in [1.54, 1.807) is 25.2 Å². The summed E-state index contributed by atoms with van der Waals surface area (Å²) in [6, 6.07) is 9.94. The third kappa shape index (κ3) is 3.96. The summed E-state index contributed by atoms with van der Waals surface area (Å²) < 4.78 is 44.4. The van der Waals surface area contributed by atoms with E-state index in [-0.39, 0.29) is 28.3 Å². The zero-order valence-corrected chi connectivity index (χ0v) is 19.5. The van der Waals surface area contributed by atoms with Crippen LogP contribution in [-0.4, -0.2) is 47.2 Å². The van der Waals surface area contributed by atoms with Gasteiger partial charge >= 0.3 is 0 Å². The zero-order chi connectivity index (χ0) is 23.0. The predicted octanol–water partition coefficient (Wildman–Crippen LogP) is 3.29. The smallest absolute Gasteiger partial charge is 0.267 e. The number of nitrogens with one attached hydrogen (secondary N) is 1. The van der Waals surface area contributed by atoms with Crippen LogP contribution in [-0.2, 0) is 14.8 Å². The Morgan fingerprint density at radius 2 is 1.94 bits per heavy atom. The van der Waals surface area contributed by atoms with Crippen molar-refractivity contribution in [2.24, 2.45) is 0 Å². The van der Waals surface area contributed by atoms with Crippen LogP contribution in [0.25, 0.3) is 11.3 Å². The number of anilines is 2. The molecule has 1 aliphatic rings. The maximum absolute atomic E-state index is 13.0. The first kappa shape index (κ1) is 21.9. The summed E-state index contributed by atoms with van der Waals surface area (Å²) >= 11 is 1.21. The number of aromatic nitrogens is 1. The molecule has 0 spiro atoms. The highest BCUT2D eigenvalue weighted by Crippen LogP contribution is 2.38. The van der Waals surface area contributed by atoms with Crippen molar-refractivity contribution in [3.05, 3.63) is 41.3 Å². The predicted molar refractivity (Wildman–Crippen MR) is 122 cm³/mol. The van der Waals surface area contributed by atoms with E-state index in [0.717, 1.165) is 10.4 Å². The fourth-order valence-electron chi connectivity index (χ4n) is 3.29. The number of nitrogens with zero attached hydrogens (tertiary/aromatic N) is 2. The normalized spacial score (nSPS) is 13.4. The van der Waals surface area contributed by atoms with Gasteiger partial charge in [-0.05, 0) is 37.3 Å². The van der Waals surface area contributed by atoms with Crippen molar-refractivity contribution in [3.8, 4) is 28.5 Å². The SMILES string of the molecule is COc1ccc(OC)c(S(=O)(=O)Nc2nc(-c3ccc4c(c3)N(C)C(=O)CO4)c(C)s2)c1. The summed E-state index contributed by atoms with van der Waals surface area (Å²) in [6.45, 7) is 1.85. The number of likely N-dealkylation sites (N-methyl/N-ethyl adjacent to an activating group) is 1. The van der Waals surface area contributed by atoms with E-state index in [9.17, 15) is 13.2 Å². The molecule has 0 atom stereocenters. The van der Waals surface area contributed by atoms with Crippen molar-refractivity contribution < 1.29 is 27.4 Å². The highest BCUT2D eigenvalue weighted by atomic mass is 32.2. The van der Waals surface area contributed by atoms with Crippen LogP contribution in [0.2, 0.25) is 0 Å². The molecule has 1 aromatic heterocycles. The molecule has 168 valence electrons. The number of amides is 1. The number of hydrogen-bond acceptors (Lipinski definition) is 8. The summed E-state index contributed by atoms with van der Waals surface area (Å²) in [5, 5.41) is 0.209. The van der Waals surface area contributed by atoms with Crippen LogP contribution in [0.15, 0.2) is 41.3 Å².